The van der Waals surface area contributed by atoms with Crippen LogP contribution in [0.4, 0.5) is 0 Å². The number of aliphatic hydroxyl groups excluding tert-OH is 2. The van der Waals surface area contributed by atoms with Gasteiger partial charge in [0.25, 0.3) is 0 Å². The molecular formula is C40H55ClN2O4. The Morgan fingerprint density at radius 2 is 1.66 bits per heavy atom. The van der Waals surface area contributed by atoms with Crippen molar-refractivity contribution in [1.29, 1.82) is 0 Å². The van der Waals surface area contributed by atoms with E-state index >= 15 is 0 Å². The van der Waals surface area contributed by atoms with Gasteiger partial charge in [0.15, 0.2) is 5.76 Å². The van der Waals surface area contributed by atoms with E-state index in [0.29, 0.717) is 41.2 Å². The smallest absolute Gasteiger partial charge is 0.229 e. The van der Waals surface area contributed by atoms with Crippen LogP contribution in [0.2, 0.25) is 5.02 Å². The van der Waals surface area contributed by atoms with E-state index in [1.165, 1.54) is 5.57 Å². The molecule has 0 aliphatic heterocycles. The van der Waals surface area contributed by atoms with Gasteiger partial charge in [-0.3, -0.25) is 4.79 Å². The topological polar surface area (TPSA) is 95.6 Å². The highest BCUT2D eigenvalue weighted by atomic mass is 35.5. The number of hydrogen-bond acceptors (Lipinski definition) is 5. The van der Waals surface area contributed by atoms with Crippen LogP contribution in [0.5, 0.6) is 0 Å². The summed E-state index contributed by atoms with van der Waals surface area (Å²) in [4.78, 5) is 14.5. The Hall–Kier alpha value is -2.15. The average molecular weight is 663 g/mol. The van der Waals surface area contributed by atoms with Crippen molar-refractivity contribution in [3.05, 3.63) is 52.8 Å². The molecule has 6 nitrogen and oxygen atoms in total. The summed E-state index contributed by atoms with van der Waals surface area (Å²) >= 11 is 6.06. The van der Waals surface area contributed by atoms with Crippen LogP contribution in [0.25, 0.3) is 11.3 Å². The van der Waals surface area contributed by atoms with Crippen LogP contribution in [0.1, 0.15) is 112 Å². The molecule has 1 heterocycles. The molecule has 47 heavy (non-hydrogen) atoms. The SMILES string of the molecule is CC1(C)CC[C@]2(C(=O)NCc3cc(-c4ccc(Cl)cc4)no3)[C@H](O)C[C@]3(C)C(=CC[C@@H]4[C@@]5(C)CC[C@H](O)C(C)(C)[C@@H]5CC[C@]43C)[C@@H]2C1. The van der Waals surface area contributed by atoms with E-state index in [2.05, 4.69) is 65.0 Å². The molecule has 5 aliphatic rings. The Morgan fingerprint density at radius 3 is 2.38 bits per heavy atom. The minimum Gasteiger partial charge on any atom is -0.393 e. The first-order valence-electron chi connectivity index (χ1n) is 18.0. The van der Waals surface area contributed by atoms with Gasteiger partial charge < -0.3 is 20.1 Å². The van der Waals surface area contributed by atoms with E-state index in [0.717, 1.165) is 50.5 Å². The fourth-order valence-electron chi connectivity index (χ4n) is 12.2. The van der Waals surface area contributed by atoms with Crippen LogP contribution in [-0.2, 0) is 11.3 Å². The molecule has 256 valence electrons. The lowest BCUT2D eigenvalue weighted by Gasteiger charge is -2.71. The molecule has 0 bridgehead atoms. The zero-order valence-electron chi connectivity index (χ0n) is 29.5. The molecule has 0 unspecified atom stereocenters. The second kappa shape index (κ2) is 10.9. The zero-order chi connectivity index (χ0) is 33.8. The van der Waals surface area contributed by atoms with E-state index in [4.69, 9.17) is 16.1 Å². The van der Waals surface area contributed by atoms with Crippen molar-refractivity contribution in [2.24, 2.45) is 50.2 Å². The number of halogens is 1. The number of rotatable bonds is 4. The second-order valence-corrected chi connectivity index (χ2v) is 18.7. The monoisotopic (exact) mass is 662 g/mol. The number of nitrogens with zero attached hydrogens (tertiary/aromatic N) is 1. The lowest BCUT2D eigenvalue weighted by molar-refractivity contribution is -0.215. The first-order chi connectivity index (χ1) is 22.0. The minimum atomic E-state index is -0.874. The molecule has 4 saturated carbocycles. The summed E-state index contributed by atoms with van der Waals surface area (Å²) in [7, 11) is 0. The summed E-state index contributed by atoms with van der Waals surface area (Å²) in [6.45, 7) is 16.9. The number of carbonyl (C=O) groups excluding carboxylic acids is 1. The van der Waals surface area contributed by atoms with Gasteiger partial charge in [0, 0.05) is 16.7 Å². The molecule has 7 rings (SSSR count). The van der Waals surface area contributed by atoms with Crippen molar-refractivity contribution in [2.75, 3.05) is 0 Å². The summed E-state index contributed by atoms with van der Waals surface area (Å²) in [5, 5.41) is 31.6. The van der Waals surface area contributed by atoms with Crippen LogP contribution in [0.3, 0.4) is 0 Å². The van der Waals surface area contributed by atoms with Gasteiger partial charge in [0.1, 0.15) is 5.69 Å². The number of allylic oxidation sites excluding steroid dienone is 2. The van der Waals surface area contributed by atoms with Gasteiger partial charge in [-0.2, -0.15) is 0 Å². The molecule has 4 fully saturated rings. The van der Waals surface area contributed by atoms with Crippen LogP contribution in [-0.4, -0.2) is 33.5 Å². The van der Waals surface area contributed by atoms with Crippen molar-refractivity contribution < 1.29 is 19.5 Å². The molecule has 1 amide bonds. The van der Waals surface area contributed by atoms with Gasteiger partial charge in [-0.25, -0.2) is 0 Å². The Labute approximate surface area is 286 Å². The minimum absolute atomic E-state index is 0.00379. The Bertz CT molecular complexity index is 1580. The van der Waals surface area contributed by atoms with Crippen molar-refractivity contribution in [3.63, 3.8) is 0 Å². The van der Waals surface area contributed by atoms with E-state index < -0.39 is 11.5 Å². The predicted molar refractivity (Wildman–Crippen MR) is 185 cm³/mol. The molecule has 2 aromatic rings. The molecule has 1 aromatic carbocycles. The first kappa shape index (κ1) is 33.4. The molecule has 0 radical (unpaired) electrons. The third-order valence-corrected chi connectivity index (χ3v) is 15.5. The maximum Gasteiger partial charge on any atom is 0.229 e. The molecule has 5 aliphatic carbocycles. The number of hydrogen-bond donors (Lipinski definition) is 3. The number of aliphatic hydroxyl groups is 2. The van der Waals surface area contributed by atoms with E-state index in [-0.39, 0.29) is 51.5 Å². The summed E-state index contributed by atoms with van der Waals surface area (Å²) in [6.07, 6.45) is 9.71. The fourth-order valence-corrected chi connectivity index (χ4v) is 12.4. The van der Waals surface area contributed by atoms with Gasteiger partial charge in [-0.15, -0.1) is 0 Å². The maximum atomic E-state index is 14.5. The number of carbonyl (C=O) groups is 1. The van der Waals surface area contributed by atoms with Crippen LogP contribution < -0.4 is 5.32 Å². The van der Waals surface area contributed by atoms with Crippen molar-refractivity contribution >= 4 is 17.5 Å². The van der Waals surface area contributed by atoms with E-state index in [1.807, 2.05) is 30.3 Å². The third kappa shape index (κ3) is 4.77. The molecule has 7 heteroatoms. The number of benzene rings is 1. The molecular weight excluding hydrogens is 608 g/mol. The lowest BCUT2D eigenvalue weighted by Crippen LogP contribution is -2.68. The van der Waals surface area contributed by atoms with Crippen LogP contribution in [0.15, 0.2) is 46.5 Å². The van der Waals surface area contributed by atoms with Gasteiger partial charge >= 0.3 is 0 Å². The Morgan fingerprint density at radius 1 is 0.936 bits per heavy atom. The Kier molecular flexibility index (Phi) is 7.75. The highest BCUT2D eigenvalue weighted by molar-refractivity contribution is 6.30. The largest absolute Gasteiger partial charge is 0.393 e. The molecule has 9 atom stereocenters. The zero-order valence-corrected chi connectivity index (χ0v) is 30.2. The normalized spacial score (nSPS) is 41.8. The highest BCUT2D eigenvalue weighted by Crippen LogP contribution is 2.75. The predicted octanol–water partition coefficient (Wildman–Crippen LogP) is 8.74. The summed E-state index contributed by atoms with van der Waals surface area (Å²) in [5.74, 6) is 1.44. The number of nitrogens with one attached hydrogen (secondary N) is 1. The summed E-state index contributed by atoms with van der Waals surface area (Å²) in [6, 6.07) is 9.32. The van der Waals surface area contributed by atoms with Gasteiger partial charge in [-0.05, 0) is 115 Å². The molecule has 0 spiro atoms. The summed E-state index contributed by atoms with van der Waals surface area (Å²) in [5.41, 5.74) is 2.05. The standard InChI is InChI=1S/C40H55ClN2O4/c1-35(2)18-19-40(34(46)42-23-26-20-29(43-47-26)24-8-10-25(41)11-9-24)28(21-35)27-12-13-31-37(5)16-15-32(44)36(3,4)30(37)14-17-38(31,6)39(27,7)22-33(40)45/h8-12,20,28,30-33,44-45H,13-19,21-23H2,1-7H3,(H,42,46)/t28-,30-,31+,32-,33+,37-,38+,39+,40+/m0/s1. The lowest BCUT2D eigenvalue weighted by atomic mass is 9.33. The fraction of sp³-hybridized carbons (Fsp3) is 0.700. The second-order valence-electron chi connectivity index (χ2n) is 18.2. The van der Waals surface area contributed by atoms with E-state index in [9.17, 15) is 15.0 Å². The molecule has 0 saturated heterocycles. The maximum absolute atomic E-state index is 14.5. The molecule has 1 aromatic heterocycles. The van der Waals surface area contributed by atoms with Gasteiger partial charge in [0.05, 0.1) is 24.2 Å². The van der Waals surface area contributed by atoms with Crippen LogP contribution in [0, 0.1) is 50.2 Å². The first-order valence-corrected chi connectivity index (χ1v) is 18.4. The third-order valence-electron chi connectivity index (χ3n) is 15.2. The number of fused-ring (bicyclic) bond motifs is 7. The number of aromatic nitrogens is 1. The van der Waals surface area contributed by atoms with Gasteiger partial charge in [-0.1, -0.05) is 89.0 Å². The summed E-state index contributed by atoms with van der Waals surface area (Å²) < 4.78 is 5.64. The van der Waals surface area contributed by atoms with Gasteiger partial charge in [0.2, 0.25) is 5.91 Å². The quantitative estimate of drug-likeness (QED) is 0.285. The average Bonchev–Trinajstić information content (AvgIpc) is 3.48. The van der Waals surface area contributed by atoms with Crippen molar-refractivity contribution in [1.82, 2.24) is 10.5 Å². The highest BCUT2D eigenvalue weighted by Gasteiger charge is 2.71. The Balaban J connectivity index is 1.20. The van der Waals surface area contributed by atoms with Crippen molar-refractivity contribution in [2.45, 2.75) is 125 Å². The number of amides is 1. The van der Waals surface area contributed by atoms with Crippen molar-refractivity contribution in [3.8, 4) is 11.3 Å². The molecule has 3 N–H and O–H groups in total. The van der Waals surface area contributed by atoms with Crippen LogP contribution >= 0.6 is 11.6 Å². The van der Waals surface area contributed by atoms with E-state index in [1.54, 1.807) is 0 Å².